The summed E-state index contributed by atoms with van der Waals surface area (Å²) >= 11 is 0. The summed E-state index contributed by atoms with van der Waals surface area (Å²) in [5.74, 6) is 0.772. The van der Waals surface area contributed by atoms with E-state index >= 15 is 0 Å². The van der Waals surface area contributed by atoms with E-state index in [-0.39, 0.29) is 18.3 Å². The molecule has 1 aromatic carbocycles. The maximum atomic E-state index is 12.6. The highest BCUT2D eigenvalue weighted by atomic mass is 19.4. The van der Waals surface area contributed by atoms with Crippen LogP contribution in [-0.4, -0.2) is 31.2 Å². The minimum Gasteiger partial charge on any atom is -0.494 e. The molecule has 0 spiro atoms. The van der Waals surface area contributed by atoms with Crippen LogP contribution in [0.4, 0.5) is 18.9 Å². The second-order valence-corrected chi connectivity index (χ2v) is 7.19. The number of aromatic nitrogens is 1. The molecule has 0 amide bonds. The van der Waals surface area contributed by atoms with Gasteiger partial charge in [0.25, 0.3) is 0 Å². The SMILES string of the molecule is COc1cc(NC(N)=NCC(C)(C)COc2ccc(C(F)(F)F)cc2)cnc1C#N. The van der Waals surface area contributed by atoms with E-state index in [1.54, 1.807) is 6.07 Å². The van der Waals surface area contributed by atoms with Crippen LogP contribution in [0.3, 0.4) is 0 Å². The number of nitrogens with zero attached hydrogens (tertiary/aromatic N) is 3. The molecular formula is C20H22F3N5O2. The number of nitriles is 1. The maximum Gasteiger partial charge on any atom is 0.416 e. The molecule has 0 atom stereocenters. The van der Waals surface area contributed by atoms with Crippen LogP contribution >= 0.6 is 0 Å². The number of hydrogen-bond acceptors (Lipinski definition) is 5. The summed E-state index contributed by atoms with van der Waals surface area (Å²) in [7, 11) is 1.43. The third kappa shape index (κ3) is 6.55. The van der Waals surface area contributed by atoms with Crippen molar-refractivity contribution in [3.8, 4) is 17.6 Å². The number of nitrogens with two attached hydrogens (primary N) is 1. The van der Waals surface area contributed by atoms with Gasteiger partial charge in [0.15, 0.2) is 17.4 Å². The first-order valence-electron chi connectivity index (χ1n) is 8.85. The summed E-state index contributed by atoms with van der Waals surface area (Å²) in [5.41, 5.74) is 5.39. The van der Waals surface area contributed by atoms with Gasteiger partial charge in [-0.3, -0.25) is 4.99 Å². The highest BCUT2D eigenvalue weighted by Crippen LogP contribution is 2.30. The highest BCUT2D eigenvalue weighted by Gasteiger charge is 2.30. The monoisotopic (exact) mass is 421 g/mol. The number of alkyl halides is 3. The van der Waals surface area contributed by atoms with Gasteiger partial charge < -0.3 is 20.5 Å². The maximum absolute atomic E-state index is 12.6. The summed E-state index contributed by atoms with van der Waals surface area (Å²) in [6.45, 7) is 4.30. The largest absolute Gasteiger partial charge is 0.494 e. The lowest BCUT2D eigenvalue weighted by atomic mass is 9.95. The number of nitrogens with one attached hydrogen (secondary N) is 1. The van der Waals surface area contributed by atoms with Crippen LogP contribution in [0, 0.1) is 16.7 Å². The predicted molar refractivity (Wildman–Crippen MR) is 106 cm³/mol. The zero-order valence-electron chi connectivity index (χ0n) is 16.7. The van der Waals surface area contributed by atoms with E-state index in [0.717, 1.165) is 12.1 Å². The lowest BCUT2D eigenvalue weighted by molar-refractivity contribution is -0.137. The van der Waals surface area contributed by atoms with Crippen LogP contribution in [0.1, 0.15) is 25.1 Å². The fourth-order valence-corrected chi connectivity index (χ4v) is 2.30. The lowest BCUT2D eigenvalue weighted by Crippen LogP contribution is -2.29. The normalized spacial score (nSPS) is 12.2. The Morgan fingerprint density at radius 2 is 1.93 bits per heavy atom. The number of anilines is 1. The van der Waals surface area contributed by atoms with E-state index in [1.165, 1.54) is 25.4 Å². The van der Waals surface area contributed by atoms with Gasteiger partial charge in [0.1, 0.15) is 11.8 Å². The van der Waals surface area contributed by atoms with Crippen LogP contribution in [0.25, 0.3) is 0 Å². The van der Waals surface area contributed by atoms with Gasteiger partial charge in [-0.25, -0.2) is 4.98 Å². The molecule has 0 aliphatic rings. The number of hydrogen-bond donors (Lipinski definition) is 2. The summed E-state index contributed by atoms with van der Waals surface area (Å²) in [6, 6.07) is 8.00. The summed E-state index contributed by atoms with van der Waals surface area (Å²) in [5, 5.41) is 11.8. The molecule has 1 aromatic heterocycles. The second kappa shape index (κ2) is 9.35. The Kier molecular flexibility index (Phi) is 7.10. The van der Waals surface area contributed by atoms with E-state index < -0.39 is 17.2 Å². The molecule has 0 unspecified atom stereocenters. The number of aliphatic imine (C=N–C) groups is 1. The Hall–Kier alpha value is -3.48. The van der Waals surface area contributed by atoms with E-state index in [1.807, 2.05) is 19.9 Å². The van der Waals surface area contributed by atoms with Gasteiger partial charge in [0.2, 0.25) is 0 Å². The van der Waals surface area contributed by atoms with Crippen molar-refractivity contribution in [3.63, 3.8) is 0 Å². The van der Waals surface area contributed by atoms with Gasteiger partial charge in [-0.15, -0.1) is 0 Å². The van der Waals surface area contributed by atoms with Crippen LogP contribution in [0.2, 0.25) is 0 Å². The van der Waals surface area contributed by atoms with E-state index in [4.69, 9.17) is 20.5 Å². The first-order valence-corrected chi connectivity index (χ1v) is 8.85. The van der Waals surface area contributed by atoms with Crippen LogP contribution in [0.5, 0.6) is 11.5 Å². The molecule has 0 bridgehead atoms. The average molecular weight is 421 g/mol. The minimum absolute atomic E-state index is 0.131. The van der Waals surface area contributed by atoms with Crippen molar-refractivity contribution < 1.29 is 22.6 Å². The number of rotatable bonds is 7. The second-order valence-electron chi connectivity index (χ2n) is 7.19. The third-order valence-electron chi connectivity index (χ3n) is 3.94. The smallest absolute Gasteiger partial charge is 0.416 e. The van der Waals surface area contributed by atoms with Crippen molar-refractivity contribution >= 4 is 11.6 Å². The van der Waals surface area contributed by atoms with Crippen LogP contribution < -0.4 is 20.5 Å². The average Bonchev–Trinajstić information content (AvgIpc) is 2.70. The molecule has 0 saturated carbocycles. The van der Waals surface area contributed by atoms with E-state index in [0.29, 0.717) is 23.7 Å². The molecule has 0 aliphatic heterocycles. The quantitative estimate of drug-likeness (QED) is 0.520. The Morgan fingerprint density at radius 1 is 1.27 bits per heavy atom. The fourth-order valence-electron chi connectivity index (χ4n) is 2.30. The third-order valence-corrected chi connectivity index (χ3v) is 3.94. The number of methoxy groups -OCH3 is 1. The first-order chi connectivity index (χ1) is 14.0. The van der Waals surface area contributed by atoms with Gasteiger partial charge in [0, 0.05) is 11.5 Å². The van der Waals surface area contributed by atoms with Gasteiger partial charge >= 0.3 is 6.18 Å². The molecule has 10 heteroatoms. The molecular weight excluding hydrogens is 399 g/mol. The number of pyridine rings is 1. The van der Waals surface area contributed by atoms with Crippen molar-refractivity contribution in [3.05, 3.63) is 47.8 Å². The molecule has 1 heterocycles. The molecule has 160 valence electrons. The van der Waals surface area contributed by atoms with Crippen molar-refractivity contribution in [2.75, 3.05) is 25.6 Å². The van der Waals surface area contributed by atoms with Crippen molar-refractivity contribution in [1.82, 2.24) is 4.98 Å². The van der Waals surface area contributed by atoms with Gasteiger partial charge in [0.05, 0.1) is 37.7 Å². The van der Waals surface area contributed by atoms with Gasteiger partial charge in [-0.1, -0.05) is 13.8 Å². The Bertz CT molecular complexity index is 935. The summed E-state index contributed by atoms with van der Waals surface area (Å²) in [6.07, 6.45) is -2.95. The zero-order valence-corrected chi connectivity index (χ0v) is 16.7. The molecule has 0 aliphatic carbocycles. The van der Waals surface area contributed by atoms with Crippen molar-refractivity contribution in [2.24, 2.45) is 16.1 Å². The molecule has 0 radical (unpaired) electrons. The minimum atomic E-state index is -4.38. The topological polar surface area (TPSA) is 106 Å². The van der Waals surface area contributed by atoms with E-state index in [2.05, 4.69) is 15.3 Å². The Morgan fingerprint density at radius 3 is 2.50 bits per heavy atom. The molecule has 2 rings (SSSR count). The van der Waals surface area contributed by atoms with E-state index in [9.17, 15) is 13.2 Å². The molecule has 0 saturated heterocycles. The van der Waals surface area contributed by atoms with Crippen LogP contribution in [-0.2, 0) is 6.18 Å². The summed E-state index contributed by atoms with van der Waals surface area (Å²) < 4.78 is 48.5. The molecule has 2 aromatic rings. The van der Waals surface area contributed by atoms with Gasteiger partial charge in [-0.05, 0) is 24.3 Å². The molecule has 30 heavy (non-hydrogen) atoms. The zero-order chi connectivity index (χ0) is 22.4. The predicted octanol–water partition coefficient (Wildman–Crippen LogP) is 3.81. The Labute approximate surface area is 172 Å². The van der Waals surface area contributed by atoms with Crippen molar-refractivity contribution in [1.29, 1.82) is 5.26 Å². The molecule has 7 nitrogen and oxygen atoms in total. The number of ether oxygens (including phenoxy) is 2. The lowest BCUT2D eigenvalue weighted by Gasteiger charge is -2.23. The van der Waals surface area contributed by atoms with Gasteiger partial charge in [-0.2, -0.15) is 18.4 Å². The fraction of sp³-hybridized carbons (Fsp3) is 0.350. The number of halogens is 3. The van der Waals surface area contributed by atoms with Crippen molar-refractivity contribution in [2.45, 2.75) is 20.0 Å². The number of guanidine groups is 1. The first kappa shape index (κ1) is 22.8. The molecule has 3 N–H and O–H groups in total. The molecule has 0 fully saturated rings. The Balaban J connectivity index is 1.93. The van der Waals surface area contributed by atoms with Crippen LogP contribution in [0.15, 0.2) is 41.5 Å². The number of benzene rings is 1. The summed E-state index contributed by atoms with van der Waals surface area (Å²) in [4.78, 5) is 8.23. The standard InChI is InChI=1S/C20H22F3N5O2/c1-19(2,12-30-15-6-4-13(5-7-15)20(21,22)23)11-27-18(25)28-14-8-17(29-3)16(9-24)26-10-14/h4-8,10H,11-12H2,1-3H3,(H3,25,27,28). The highest BCUT2D eigenvalue weighted by molar-refractivity contribution is 5.92.